The number of rotatable bonds is 0. The maximum Gasteiger partial charge on any atom is 0.197 e. The summed E-state index contributed by atoms with van der Waals surface area (Å²) in [6, 6.07) is 0. The van der Waals surface area contributed by atoms with E-state index in [4.69, 9.17) is 0 Å². The van der Waals surface area contributed by atoms with Gasteiger partial charge in [0, 0.05) is 12.8 Å². The maximum absolute atomic E-state index is 2.42. The minimum Gasteiger partial charge on any atom is -0.306 e. The molecule has 0 bridgehead atoms. The fraction of sp³-hybridized carbons (Fsp3) is 0.833. The van der Waals surface area contributed by atoms with E-state index >= 15 is 0 Å². The fourth-order valence-corrected chi connectivity index (χ4v) is 1.45. The van der Waals surface area contributed by atoms with Gasteiger partial charge in [-0.15, -0.1) is 0 Å². The zero-order valence-corrected chi connectivity index (χ0v) is 4.56. The summed E-state index contributed by atoms with van der Waals surface area (Å²) in [5.74, 6) is 0. The van der Waals surface area contributed by atoms with Crippen LogP contribution in [0.5, 0.6) is 0 Å². The zero-order chi connectivity index (χ0) is 4.74. The molecule has 0 atom stereocenters. The Bertz CT molecular complexity index is 76.2. The highest BCUT2D eigenvalue weighted by Gasteiger charge is 2.45. The molecule has 1 spiro atoms. The van der Waals surface area contributed by atoms with Crippen molar-refractivity contribution in [3.63, 3.8) is 0 Å². The first-order valence-corrected chi connectivity index (χ1v) is 3.12. The molecule has 0 aliphatic carbocycles. The van der Waals surface area contributed by atoms with Gasteiger partial charge in [-0.1, -0.05) is 0 Å². The quantitative estimate of drug-likeness (QED) is 0.309. The number of hydrogen-bond donors (Lipinski definition) is 0. The van der Waals surface area contributed by atoms with Gasteiger partial charge in [0.15, 0.2) is 6.54 Å². The summed E-state index contributed by atoms with van der Waals surface area (Å²) in [5.41, 5.74) is 0. The molecule has 0 unspecified atom stereocenters. The summed E-state index contributed by atoms with van der Waals surface area (Å²) in [6.07, 6.45) is 2.94. The lowest BCUT2D eigenvalue weighted by Crippen LogP contribution is -2.18. The van der Waals surface area contributed by atoms with Crippen molar-refractivity contribution in [2.45, 2.75) is 12.8 Å². The van der Waals surface area contributed by atoms with E-state index in [2.05, 4.69) is 6.54 Å². The van der Waals surface area contributed by atoms with Gasteiger partial charge >= 0.3 is 0 Å². The average molecular weight is 97.2 g/mol. The molecule has 0 aromatic heterocycles. The second-order valence-corrected chi connectivity index (χ2v) is 2.74. The minimum absolute atomic E-state index is 1.38. The van der Waals surface area contributed by atoms with Crippen LogP contribution in [0.15, 0.2) is 0 Å². The number of nitrogens with zero attached hydrogens (tertiary/aromatic N) is 1. The lowest BCUT2D eigenvalue weighted by molar-refractivity contribution is -0.769. The van der Waals surface area contributed by atoms with E-state index in [0.717, 1.165) is 0 Å². The van der Waals surface area contributed by atoms with Crippen molar-refractivity contribution < 1.29 is 4.48 Å². The van der Waals surface area contributed by atoms with Crippen LogP contribution in [0.4, 0.5) is 0 Å². The van der Waals surface area contributed by atoms with Gasteiger partial charge in [-0.05, 0) is 0 Å². The van der Waals surface area contributed by atoms with Crippen LogP contribution in [0.2, 0.25) is 0 Å². The Labute approximate surface area is 44.5 Å². The van der Waals surface area contributed by atoms with E-state index in [1.807, 2.05) is 0 Å². The number of hydrogen-bond acceptors (Lipinski definition) is 0. The summed E-state index contributed by atoms with van der Waals surface area (Å²) >= 11 is 0. The second kappa shape index (κ2) is 1.03. The van der Waals surface area contributed by atoms with Crippen LogP contribution in [-0.4, -0.2) is 24.1 Å². The number of quaternary nitrogens is 1. The Hall–Kier alpha value is -0.0400. The summed E-state index contributed by atoms with van der Waals surface area (Å²) in [6.45, 7) is 6.69. The molecular formula is C6H11N+. The van der Waals surface area contributed by atoms with E-state index < -0.39 is 0 Å². The molecule has 0 N–H and O–H groups in total. The van der Waals surface area contributed by atoms with E-state index in [1.165, 1.54) is 37.0 Å². The van der Waals surface area contributed by atoms with Crippen molar-refractivity contribution >= 4 is 0 Å². The van der Waals surface area contributed by atoms with E-state index in [-0.39, 0.29) is 0 Å². The molecule has 2 heterocycles. The molecule has 0 amide bonds. The standard InChI is InChI=1S/C6H11N/c1-2-4-7(3-1)5-6-7/h5H,1-4,6H2/q+1. The topological polar surface area (TPSA) is 0 Å². The molecule has 2 aliphatic heterocycles. The van der Waals surface area contributed by atoms with Gasteiger partial charge in [-0.25, -0.2) is 0 Å². The highest BCUT2D eigenvalue weighted by molar-refractivity contribution is 4.74. The van der Waals surface area contributed by atoms with Crippen LogP contribution >= 0.6 is 0 Å². The van der Waals surface area contributed by atoms with Crippen molar-refractivity contribution in [1.82, 2.24) is 0 Å². The van der Waals surface area contributed by atoms with Crippen LogP contribution in [-0.2, 0) is 0 Å². The Morgan fingerprint density at radius 1 is 1.14 bits per heavy atom. The SMILES string of the molecule is [CH]1C[N+]12CCCC2. The normalized spacial score (nSPS) is 34.3. The molecule has 2 aliphatic rings. The van der Waals surface area contributed by atoms with Gasteiger partial charge in [0.05, 0.1) is 13.1 Å². The highest BCUT2D eigenvalue weighted by Crippen LogP contribution is 2.32. The summed E-state index contributed by atoms with van der Waals surface area (Å²) in [4.78, 5) is 0. The largest absolute Gasteiger partial charge is 0.306 e. The van der Waals surface area contributed by atoms with Crippen molar-refractivity contribution in [1.29, 1.82) is 0 Å². The summed E-state index contributed by atoms with van der Waals surface area (Å²) in [5, 5.41) is 0. The van der Waals surface area contributed by atoms with Crippen LogP contribution in [0.25, 0.3) is 0 Å². The third-order valence-electron chi connectivity index (χ3n) is 2.16. The van der Waals surface area contributed by atoms with Crippen molar-refractivity contribution in [3.05, 3.63) is 6.54 Å². The monoisotopic (exact) mass is 97.1 g/mol. The van der Waals surface area contributed by atoms with Crippen molar-refractivity contribution in [2.24, 2.45) is 0 Å². The smallest absolute Gasteiger partial charge is 0.197 e. The van der Waals surface area contributed by atoms with Gasteiger partial charge in [0.2, 0.25) is 0 Å². The molecule has 1 nitrogen and oxygen atoms in total. The first-order chi connectivity index (χ1) is 3.41. The van der Waals surface area contributed by atoms with Gasteiger partial charge in [-0.2, -0.15) is 0 Å². The molecule has 2 saturated heterocycles. The van der Waals surface area contributed by atoms with Gasteiger partial charge in [0.1, 0.15) is 6.54 Å². The van der Waals surface area contributed by atoms with Gasteiger partial charge < -0.3 is 4.48 Å². The fourth-order valence-electron chi connectivity index (χ4n) is 1.45. The third-order valence-corrected chi connectivity index (χ3v) is 2.16. The van der Waals surface area contributed by atoms with E-state index in [0.29, 0.717) is 0 Å². The second-order valence-electron chi connectivity index (χ2n) is 2.74. The first kappa shape index (κ1) is 3.90. The molecule has 0 aromatic carbocycles. The molecule has 7 heavy (non-hydrogen) atoms. The average Bonchev–Trinajstić information content (AvgIpc) is 2.15. The zero-order valence-electron chi connectivity index (χ0n) is 4.56. The predicted octanol–water partition coefficient (Wildman–Crippen LogP) is 0.772. The van der Waals surface area contributed by atoms with Gasteiger partial charge in [0.25, 0.3) is 0 Å². The van der Waals surface area contributed by atoms with Gasteiger partial charge in [-0.3, -0.25) is 0 Å². The molecule has 1 heteroatoms. The summed E-state index contributed by atoms with van der Waals surface area (Å²) < 4.78 is 1.38. The van der Waals surface area contributed by atoms with Crippen molar-refractivity contribution in [3.8, 4) is 0 Å². The lowest BCUT2D eigenvalue weighted by Gasteiger charge is -2.04. The third kappa shape index (κ3) is 0.480. The molecule has 0 saturated carbocycles. The van der Waals surface area contributed by atoms with Crippen LogP contribution in [0.1, 0.15) is 12.8 Å². The molecule has 0 aromatic rings. The molecule has 2 rings (SSSR count). The Morgan fingerprint density at radius 3 is 2.00 bits per heavy atom. The van der Waals surface area contributed by atoms with E-state index in [1.54, 1.807) is 0 Å². The van der Waals surface area contributed by atoms with E-state index in [9.17, 15) is 0 Å². The summed E-state index contributed by atoms with van der Waals surface area (Å²) in [7, 11) is 0. The minimum atomic E-state index is 1.38. The Morgan fingerprint density at radius 2 is 1.71 bits per heavy atom. The van der Waals surface area contributed by atoms with Crippen molar-refractivity contribution in [2.75, 3.05) is 19.6 Å². The Kier molecular flexibility index (Phi) is 0.571. The Balaban J connectivity index is 2.07. The molecule has 39 valence electrons. The first-order valence-electron chi connectivity index (χ1n) is 3.12. The molecule has 1 radical (unpaired) electrons. The molecular weight excluding hydrogens is 86.1 g/mol. The predicted molar refractivity (Wildman–Crippen MR) is 28.4 cm³/mol. The maximum atomic E-state index is 2.42. The lowest BCUT2D eigenvalue weighted by atomic mass is 10.4. The highest BCUT2D eigenvalue weighted by atomic mass is 15.5. The van der Waals surface area contributed by atoms with Crippen LogP contribution in [0, 0.1) is 6.54 Å². The molecule has 2 fully saturated rings. The van der Waals surface area contributed by atoms with Crippen LogP contribution in [0.3, 0.4) is 0 Å². The van der Waals surface area contributed by atoms with Crippen LogP contribution < -0.4 is 0 Å².